The van der Waals surface area contributed by atoms with Gasteiger partial charge in [-0.05, 0) is 60.0 Å². The molecule has 2 amide bonds. The molecule has 5 rings (SSSR count). The number of hydrogen-bond donors (Lipinski definition) is 10. The van der Waals surface area contributed by atoms with Crippen molar-refractivity contribution in [3.05, 3.63) is 90.9 Å². The number of alkyl halides is 3. The SMILES string of the molecule is N[C@@H](CSOOO)C(=O)NNS(=O)(=O)c1ccc(-c2ccc(S(=O)(=O)N[C@@H](CNC(=O)c3ccc4c(cnn4CCCNc4ncc[nH]4)c3)C(=O)O)cc2)cc1.O=C(O)C(F)(F)F. The number of nitrogens with two attached hydrogens (primary N) is 1. The summed E-state index contributed by atoms with van der Waals surface area (Å²) in [7, 11) is -8.59. The molecule has 29 heteroatoms. The first-order valence-electron chi connectivity index (χ1n) is 17.6. The highest BCUT2D eigenvalue weighted by atomic mass is 32.2. The van der Waals surface area contributed by atoms with Crippen LogP contribution in [0.2, 0.25) is 0 Å². The number of aryl methyl sites for hydroxylation is 1. The summed E-state index contributed by atoms with van der Waals surface area (Å²) >= 11 is 0.515. The first-order chi connectivity index (χ1) is 29.7. The number of carboxylic acids is 2. The Labute approximate surface area is 358 Å². The molecule has 23 nitrogen and oxygen atoms in total. The molecular formula is C34H37F3N10O13S3. The first-order valence-corrected chi connectivity index (χ1v) is 21.5. The number of aliphatic carboxylic acids is 2. The molecule has 0 aliphatic rings. The summed E-state index contributed by atoms with van der Waals surface area (Å²) in [5, 5.41) is 39.1. The number of anilines is 1. The van der Waals surface area contributed by atoms with Crippen LogP contribution in [-0.4, -0.2) is 113 Å². The minimum atomic E-state index is -5.08. The summed E-state index contributed by atoms with van der Waals surface area (Å²) in [6.45, 7) is 0.705. The number of aromatic nitrogens is 4. The zero-order valence-corrected chi connectivity index (χ0v) is 34.4. The third-order valence-corrected chi connectivity index (χ3v) is 11.6. The number of carbonyl (C=O) groups is 4. The van der Waals surface area contributed by atoms with Crippen LogP contribution < -0.4 is 31.3 Å². The lowest BCUT2D eigenvalue weighted by Gasteiger charge is -2.16. The van der Waals surface area contributed by atoms with Crippen LogP contribution in [0.4, 0.5) is 19.1 Å². The lowest BCUT2D eigenvalue weighted by atomic mass is 10.1. The molecule has 5 aromatic rings. The molecule has 0 bridgehead atoms. The standard InChI is InChI=1S/C32H36N10O11S3.C2HF3O2/c33-26(19-54-53-52-47)30(44)39-41-56(50,51)25-9-4-21(5-10-25)20-2-7-24(8-3-20)55(48,49)40-27(31(45)46)18-37-29(43)22-6-11-28-23(16-22)17-38-42(28)15-1-12-34-32-35-13-14-36-32;3-2(4,5)1(6)7/h2-11,13-14,16-17,26-27,40-41,47H,1,12,15,18-19,33H2,(H,37,43)(H,39,44)(H,45,46)(H2,34,35,36);(H,6,7)/t26-,27-;/m0./s1. The molecule has 340 valence electrons. The molecular weight excluding hydrogens is 910 g/mol. The Bertz CT molecular complexity index is 2560. The number of benzene rings is 3. The summed E-state index contributed by atoms with van der Waals surface area (Å²) < 4.78 is 91.3. The van der Waals surface area contributed by atoms with Gasteiger partial charge in [-0.2, -0.15) is 23.0 Å². The van der Waals surface area contributed by atoms with Crippen LogP contribution in [0, 0.1) is 0 Å². The summed E-state index contributed by atoms with van der Waals surface area (Å²) in [6, 6.07) is 12.7. The molecule has 0 radical (unpaired) electrons. The average Bonchev–Trinajstić information content (AvgIpc) is 3.93. The lowest BCUT2D eigenvalue weighted by Crippen LogP contribution is -2.50. The number of rotatable bonds is 21. The highest BCUT2D eigenvalue weighted by Crippen LogP contribution is 2.24. The molecule has 0 saturated heterocycles. The van der Waals surface area contributed by atoms with Crippen molar-refractivity contribution < 1.29 is 74.0 Å². The molecule has 2 atom stereocenters. The molecule has 63 heavy (non-hydrogen) atoms. The van der Waals surface area contributed by atoms with Crippen molar-refractivity contribution in [2.45, 2.75) is 41.0 Å². The largest absolute Gasteiger partial charge is 0.490 e. The fraction of sp³-hybridized carbons (Fsp3) is 0.235. The number of fused-ring (bicyclic) bond motifs is 1. The Balaban J connectivity index is 0.00000115. The third-order valence-electron chi connectivity index (χ3n) is 8.18. The molecule has 3 aromatic carbocycles. The molecule has 11 N–H and O–H groups in total. The zero-order valence-electron chi connectivity index (χ0n) is 32.0. The van der Waals surface area contributed by atoms with Gasteiger partial charge in [0, 0.05) is 60.8 Å². The molecule has 0 spiro atoms. The highest BCUT2D eigenvalue weighted by molar-refractivity contribution is 7.94. The summed E-state index contributed by atoms with van der Waals surface area (Å²) in [4.78, 5) is 54.4. The number of carbonyl (C=O) groups excluding carboxylic acids is 2. The normalized spacial score (nSPS) is 12.7. The number of amides is 2. The van der Waals surface area contributed by atoms with Crippen LogP contribution in [0.5, 0.6) is 0 Å². The first kappa shape index (κ1) is 49.5. The number of aromatic amines is 1. The van der Waals surface area contributed by atoms with E-state index in [4.69, 9.17) is 20.9 Å². The summed E-state index contributed by atoms with van der Waals surface area (Å²) in [5.41, 5.74) is 9.59. The van der Waals surface area contributed by atoms with Crippen molar-refractivity contribution in [1.29, 1.82) is 0 Å². The second-order valence-electron chi connectivity index (χ2n) is 12.6. The Morgan fingerprint density at radius 3 is 2.11 bits per heavy atom. The number of carboxylic acid groups (broad SMARTS) is 2. The second-order valence-corrected chi connectivity index (χ2v) is 16.7. The number of halogens is 3. The van der Waals surface area contributed by atoms with Gasteiger partial charge in [0.2, 0.25) is 10.0 Å². The van der Waals surface area contributed by atoms with Gasteiger partial charge in [-0.25, -0.2) is 31.9 Å². The van der Waals surface area contributed by atoms with E-state index in [-0.39, 0.29) is 21.1 Å². The number of nitrogens with zero attached hydrogens (tertiary/aromatic N) is 3. The second kappa shape index (κ2) is 22.3. The van der Waals surface area contributed by atoms with E-state index in [1.807, 2.05) is 10.3 Å². The third kappa shape index (κ3) is 14.7. The molecule has 0 aliphatic carbocycles. The van der Waals surface area contributed by atoms with Crippen molar-refractivity contribution in [3.8, 4) is 11.1 Å². The van der Waals surface area contributed by atoms with Crippen molar-refractivity contribution in [3.63, 3.8) is 0 Å². The topological polar surface area (TPSA) is 348 Å². The van der Waals surface area contributed by atoms with E-state index in [0.717, 1.165) is 11.9 Å². The van der Waals surface area contributed by atoms with Gasteiger partial charge in [0.15, 0.2) is 5.95 Å². The maximum atomic E-state index is 13.1. The quantitative estimate of drug-likeness (QED) is 0.0215. The summed E-state index contributed by atoms with van der Waals surface area (Å²) in [5.74, 6) is -5.27. The molecule has 0 unspecified atom stereocenters. The predicted octanol–water partition coefficient (Wildman–Crippen LogP) is 1.43. The molecule has 2 aromatic heterocycles. The van der Waals surface area contributed by atoms with Crippen molar-refractivity contribution >= 4 is 72.7 Å². The monoisotopic (exact) mass is 946 g/mol. The minimum Gasteiger partial charge on any atom is -0.480 e. The van der Waals surface area contributed by atoms with Crippen LogP contribution in [0.1, 0.15) is 16.8 Å². The van der Waals surface area contributed by atoms with Gasteiger partial charge in [0.25, 0.3) is 21.8 Å². The summed E-state index contributed by atoms with van der Waals surface area (Å²) in [6.07, 6.45) is 0.645. The van der Waals surface area contributed by atoms with Crippen molar-refractivity contribution in [2.75, 3.05) is 24.2 Å². The number of nitrogens with one attached hydrogen (secondary N) is 6. The van der Waals surface area contributed by atoms with Crippen LogP contribution in [0.3, 0.4) is 0 Å². The number of hydrazine groups is 1. The van der Waals surface area contributed by atoms with Gasteiger partial charge in [0.1, 0.15) is 6.04 Å². The Morgan fingerprint density at radius 1 is 0.937 bits per heavy atom. The smallest absolute Gasteiger partial charge is 0.480 e. The number of imidazole rings is 1. The fourth-order valence-electron chi connectivity index (χ4n) is 5.06. The van der Waals surface area contributed by atoms with Gasteiger partial charge in [-0.1, -0.05) is 29.3 Å². The van der Waals surface area contributed by atoms with Crippen LogP contribution in [-0.2, 0) is 50.3 Å². The van der Waals surface area contributed by atoms with Crippen LogP contribution >= 0.6 is 12.0 Å². The minimum absolute atomic E-state index is 0.168. The molecule has 2 heterocycles. The van der Waals surface area contributed by atoms with Gasteiger partial charge in [-0.3, -0.25) is 24.5 Å². The molecule has 0 saturated carbocycles. The van der Waals surface area contributed by atoms with Gasteiger partial charge >= 0.3 is 18.1 Å². The maximum Gasteiger partial charge on any atom is 0.490 e. The predicted molar refractivity (Wildman–Crippen MR) is 215 cm³/mol. The molecule has 0 fully saturated rings. The van der Waals surface area contributed by atoms with Gasteiger partial charge < -0.3 is 31.6 Å². The van der Waals surface area contributed by atoms with E-state index in [0.29, 0.717) is 47.6 Å². The van der Waals surface area contributed by atoms with Crippen LogP contribution in [0.15, 0.2) is 95.1 Å². The van der Waals surface area contributed by atoms with E-state index < -0.39 is 68.6 Å². The van der Waals surface area contributed by atoms with E-state index in [2.05, 4.69) is 39.8 Å². The average molecular weight is 947 g/mol. The highest BCUT2D eigenvalue weighted by Gasteiger charge is 2.38. The van der Waals surface area contributed by atoms with Gasteiger partial charge in [0.05, 0.1) is 27.5 Å². The van der Waals surface area contributed by atoms with E-state index in [1.54, 1.807) is 41.5 Å². The van der Waals surface area contributed by atoms with Gasteiger partial charge in [-0.15, -0.1) is 9.16 Å². The van der Waals surface area contributed by atoms with Crippen molar-refractivity contribution in [2.24, 2.45) is 5.73 Å². The Kier molecular flexibility index (Phi) is 17.5. The number of H-pyrrole nitrogens is 1. The van der Waals surface area contributed by atoms with E-state index in [9.17, 15) is 49.5 Å². The van der Waals surface area contributed by atoms with E-state index in [1.165, 1.54) is 48.5 Å². The number of sulfonamides is 2. The Morgan fingerprint density at radius 2 is 1.56 bits per heavy atom. The Hall–Kier alpha value is -6.18. The fourth-order valence-corrected chi connectivity index (χ4v) is 7.49. The lowest BCUT2D eigenvalue weighted by molar-refractivity contribution is -0.432. The van der Waals surface area contributed by atoms with Crippen LogP contribution in [0.25, 0.3) is 22.0 Å². The number of hydrogen-bond acceptors (Lipinski definition) is 16. The maximum absolute atomic E-state index is 13.1. The zero-order chi connectivity index (χ0) is 46.4. The van der Waals surface area contributed by atoms with Crippen molar-refractivity contribution in [1.82, 2.24) is 40.0 Å². The molecule has 0 aliphatic heterocycles. The van der Waals surface area contributed by atoms with E-state index >= 15 is 0 Å².